The SMILES string of the molecule is CCN(CCC(=O)O)Cc1cccc(C)c1. The number of aryl methyl sites for hydroxylation is 1. The number of carboxylic acid groups (broad SMARTS) is 1. The maximum Gasteiger partial charge on any atom is 0.304 e. The first-order valence-electron chi connectivity index (χ1n) is 5.61. The quantitative estimate of drug-likeness (QED) is 0.801. The Morgan fingerprint density at radius 1 is 1.44 bits per heavy atom. The Morgan fingerprint density at radius 2 is 2.19 bits per heavy atom. The maximum absolute atomic E-state index is 10.5. The topological polar surface area (TPSA) is 40.5 Å². The average molecular weight is 221 g/mol. The molecule has 16 heavy (non-hydrogen) atoms. The predicted molar refractivity (Wildman–Crippen MR) is 64.4 cm³/mol. The van der Waals surface area contributed by atoms with E-state index in [1.807, 2.05) is 6.07 Å². The first kappa shape index (κ1) is 12.7. The second-order valence-corrected chi connectivity index (χ2v) is 4.00. The van der Waals surface area contributed by atoms with Crippen LogP contribution in [0.3, 0.4) is 0 Å². The van der Waals surface area contributed by atoms with Gasteiger partial charge in [-0.2, -0.15) is 0 Å². The Bertz CT molecular complexity index is 350. The number of carbonyl (C=O) groups is 1. The smallest absolute Gasteiger partial charge is 0.304 e. The highest BCUT2D eigenvalue weighted by atomic mass is 16.4. The lowest BCUT2D eigenvalue weighted by atomic mass is 10.1. The van der Waals surface area contributed by atoms with Crippen LogP contribution in [0.1, 0.15) is 24.5 Å². The van der Waals surface area contributed by atoms with E-state index in [9.17, 15) is 4.79 Å². The minimum Gasteiger partial charge on any atom is -0.481 e. The van der Waals surface area contributed by atoms with Gasteiger partial charge in [0.2, 0.25) is 0 Å². The molecule has 0 aliphatic carbocycles. The number of rotatable bonds is 6. The molecule has 0 unspecified atom stereocenters. The summed E-state index contributed by atoms with van der Waals surface area (Å²) < 4.78 is 0. The van der Waals surface area contributed by atoms with Crippen LogP contribution < -0.4 is 0 Å². The highest BCUT2D eigenvalue weighted by Gasteiger charge is 2.06. The summed E-state index contributed by atoms with van der Waals surface area (Å²) in [5, 5.41) is 8.64. The zero-order valence-electron chi connectivity index (χ0n) is 9.94. The lowest BCUT2D eigenvalue weighted by molar-refractivity contribution is -0.137. The van der Waals surface area contributed by atoms with Gasteiger partial charge in [0.05, 0.1) is 6.42 Å². The summed E-state index contributed by atoms with van der Waals surface area (Å²) in [4.78, 5) is 12.6. The third kappa shape index (κ3) is 4.45. The van der Waals surface area contributed by atoms with Gasteiger partial charge in [-0.3, -0.25) is 9.69 Å². The molecule has 0 saturated carbocycles. The van der Waals surface area contributed by atoms with Gasteiger partial charge >= 0.3 is 5.97 Å². The number of benzene rings is 1. The van der Waals surface area contributed by atoms with E-state index in [1.165, 1.54) is 11.1 Å². The van der Waals surface area contributed by atoms with E-state index < -0.39 is 5.97 Å². The molecule has 0 saturated heterocycles. The van der Waals surface area contributed by atoms with Crippen molar-refractivity contribution in [1.82, 2.24) is 4.90 Å². The maximum atomic E-state index is 10.5. The third-order valence-electron chi connectivity index (χ3n) is 2.58. The number of carboxylic acids is 1. The second kappa shape index (κ2) is 6.28. The molecule has 0 aromatic heterocycles. The van der Waals surface area contributed by atoms with Crippen molar-refractivity contribution in [3.05, 3.63) is 35.4 Å². The van der Waals surface area contributed by atoms with Crippen molar-refractivity contribution in [1.29, 1.82) is 0 Å². The van der Waals surface area contributed by atoms with Gasteiger partial charge < -0.3 is 5.11 Å². The first-order valence-corrected chi connectivity index (χ1v) is 5.61. The molecule has 1 N–H and O–H groups in total. The normalized spacial score (nSPS) is 10.7. The summed E-state index contributed by atoms with van der Waals surface area (Å²) in [5.74, 6) is -0.734. The molecule has 0 spiro atoms. The van der Waals surface area contributed by atoms with Crippen LogP contribution in [-0.4, -0.2) is 29.1 Å². The summed E-state index contributed by atoms with van der Waals surface area (Å²) in [6.07, 6.45) is 0.208. The van der Waals surface area contributed by atoms with Gasteiger partial charge in [0.15, 0.2) is 0 Å². The molecular weight excluding hydrogens is 202 g/mol. The molecule has 3 nitrogen and oxygen atoms in total. The van der Waals surface area contributed by atoms with Crippen LogP contribution >= 0.6 is 0 Å². The Hall–Kier alpha value is -1.35. The fraction of sp³-hybridized carbons (Fsp3) is 0.462. The fourth-order valence-corrected chi connectivity index (χ4v) is 1.67. The van der Waals surface area contributed by atoms with E-state index >= 15 is 0 Å². The summed E-state index contributed by atoms with van der Waals surface area (Å²) >= 11 is 0. The minimum atomic E-state index is -0.734. The molecule has 3 heteroatoms. The molecule has 0 heterocycles. The molecule has 1 aromatic carbocycles. The Morgan fingerprint density at radius 3 is 2.75 bits per heavy atom. The van der Waals surface area contributed by atoms with Crippen molar-refractivity contribution in [2.24, 2.45) is 0 Å². The van der Waals surface area contributed by atoms with Gasteiger partial charge in [0.25, 0.3) is 0 Å². The van der Waals surface area contributed by atoms with Crippen molar-refractivity contribution in [2.75, 3.05) is 13.1 Å². The highest BCUT2D eigenvalue weighted by Crippen LogP contribution is 2.07. The molecule has 0 aliphatic heterocycles. The highest BCUT2D eigenvalue weighted by molar-refractivity contribution is 5.66. The van der Waals surface area contributed by atoms with Gasteiger partial charge in [-0.15, -0.1) is 0 Å². The van der Waals surface area contributed by atoms with Crippen molar-refractivity contribution < 1.29 is 9.90 Å². The molecule has 0 fully saturated rings. The van der Waals surface area contributed by atoms with Crippen LogP contribution in [-0.2, 0) is 11.3 Å². The van der Waals surface area contributed by atoms with E-state index in [0.29, 0.717) is 6.54 Å². The molecule has 88 valence electrons. The van der Waals surface area contributed by atoms with E-state index in [0.717, 1.165) is 13.1 Å². The molecule has 1 aromatic rings. The van der Waals surface area contributed by atoms with E-state index in [4.69, 9.17) is 5.11 Å². The lowest BCUT2D eigenvalue weighted by Crippen LogP contribution is -2.25. The zero-order chi connectivity index (χ0) is 12.0. The number of aliphatic carboxylic acids is 1. The summed E-state index contributed by atoms with van der Waals surface area (Å²) in [6, 6.07) is 8.33. The van der Waals surface area contributed by atoms with Crippen molar-refractivity contribution in [3.8, 4) is 0 Å². The van der Waals surface area contributed by atoms with Gasteiger partial charge in [-0.25, -0.2) is 0 Å². The molecule has 0 radical (unpaired) electrons. The second-order valence-electron chi connectivity index (χ2n) is 4.00. The summed E-state index contributed by atoms with van der Waals surface area (Å²) in [5.41, 5.74) is 2.49. The largest absolute Gasteiger partial charge is 0.481 e. The molecule has 0 aliphatic rings. The van der Waals surface area contributed by atoms with Crippen molar-refractivity contribution in [2.45, 2.75) is 26.8 Å². The standard InChI is InChI=1S/C13H19NO2/c1-3-14(8-7-13(15)16)10-12-6-4-5-11(2)9-12/h4-6,9H,3,7-8,10H2,1-2H3,(H,15,16). The number of hydrogen-bond acceptors (Lipinski definition) is 2. The first-order chi connectivity index (χ1) is 7.61. The Labute approximate surface area is 96.7 Å². The summed E-state index contributed by atoms with van der Waals surface area (Å²) in [7, 11) is 0. The van der Waals surface area contributed by atoms with Crippen LogP contribution in [0.4, 0.5) is 0 Å². The van der Waals surface area contributed by atoms with Gasteiger partial charge in [-0.05, 0) is 19.0 Å². The van der Waals surface area contributed by atoms with Gasteiger partial charge in [0.1, 0.15) is 0 Å². The van der Waals surface area contributed by atoms with E-state index in [2.05, 4.69) is 36.9 Å². The minimum absolute atomic E-state index is 0.208. The zero-order valence-corrected chi connectivity index (χ0v) is 9.94. The van der Waals surface area contributed by atoms with Crippen LogP contribution in [0.5, 0.6) is 0 Å². The number of nitrogens with zero attached hydrogens (tertiary/aromatic N) is 1. The van der Waals surface area contributed by atoms with Crippen molar-refractivity contribution in [3.63, 3.8) is 0 Å². The van der Waals surface area contributed by atoms with E-state index in [1.54, 1.807) is 0 Å². The fourth-order valence-electron chi connectivity index (χ4n) is 1.67. The van der Waals surface area contributed by atoms with Crippen LogP contribution in [0, 0.1) is 6.92 Å². The van der Waals surface area contributed by atoms with Gasteiger partial charge in [0, 0.05) is 13.1 Å². The van der Waals surface area contributed by atoms with E-state index in [-0.39, 0.29) is 6.42 Å². The predicted octanol–water partition coefficient (Wildman–Crippen LogP) is 2.29. The monoisotopic (exact) mass is 221 g/mol. The molecule has 0 atom stereocenters. The van der Waals surface area contributed by atoms with Crippen molar-refractivity contribution >= 4 is 5.97 Å². The van der Waals surface area contributed by atoms with Gasteiger partial charge in [-0.1, -0.05) is 36.8 Å². The summed E-state index contributed by atoms with van der Waals surface area (Å²) in [6.45, 7) is 6.43. The molecule has 0 amide bonds. The van der Waals surface area contributed by atoms with Crippen LogP contribution in [0.25, 0.3) is 0 Å². The molecule has 1 rings (SSSR count). The average Bonchev–Trinajstić information content (AvgIpc) is 2.24. The Balaban J connectivity index is 2.52. The third-order valence-corrected chi connectivity index (χ3v) is 2.58. The molecule has 0 bridgehead atoms. The van der Waals surface area contributed by atoms with Crippen LogP contribution in [0.2, 0.25) is 0 Å². The number of hydrogen-bond donors (Lipinski definition) is 1. The lowest BCUT2D eigenvalue weighted by Gasteiger charge is -2.19. The Kier molecular flexibility index (Phi) is 4.99. The van der Waals surface area contributed by atoms with Crippen LogP contribution in [0.15, 0.2) is 24.3 Å². The molecular formula is C13H19NO2.